The summed E-state index contributed by atoms with van der Waals surface area (Å²) in [6.45, 7) is 13.3. The van der Waals surface area contributed by atoms with Gasteiger partial charge >= 0.3 is 0 Å². The Bertz CT molecular complexity index is 703. The molecule has 1 aliphatic rings. The smallest absolute Gasteiger partial charge is 0.159 e. The van der Waals surface area contributed by atoms with E-state index in [4.69, 9.17) is 9.97 Å². The molecule has 2 heteroatoms. The van der Waals surface area contributed by atoms with E-state index >= 15 is 0 Å². The van der Waals surface area contributed by atoms with E-state index in [0.717, 1.165) is 29.2 Å². The summed E-state index contributed by atoms with van der Waals surface area (Å²) in [7, 11) is 0. The van der Waals surface area contributed by atoms with Crippen molar-refractivity contribution in [2.45, 2.75) is 65.7 Å². The van der Waals surface area contributed by atoms with Crippen molar-refractivity contribution in [3.05, 3.63) is 46.3 Å². The predicted octanol–water partition coefficient (Wildman–Crippen LogP) is 5.11. The Morgan fingerprint density at radius 3 is 2.27 bits per heavy atom. The number of hydrogen-bond donors (Lipinski definition) is 0. The molecule has 2 nitrogen and oxygen atoms in total. The molecule has 0 atom stereocenters. The summed E-state index contributed by atoms with van der Waals surface area (Å²) in [6.07, 6.45) is 2.40. The lowest BCUT2D eigenvalue weighted by Gasteiger charge is -2.19. The van der Waals surface area contributed by atoms with Crippen LogP contribution in [0.15, 0.2) is 18.2 Å². The maximum absolute atomic E-state index is 4.78. The van der Waals surface area contributed by atoms with Gasteiger partial charge in [0.1, 0.15) is 0 Å². The van der Waals surface area contributed by atoms with Gasteiger partial charge in [0.2, 0.25) is 0 Å². The summed E-state index contributed by atoms with van der Waals surface area (Å²) in [5.41, 5.74) is 7.92. The molecule has 0 bridgehead atoms. The number of benzene rings is 1. The highest BCUT2D eigenvalue weighted by molar-refractivity contribution is 5.60. The normalized spacial score (nSPS) is 16.1. The largest absolute Gasteiger partial charge is 0.233 e. The fourth-order valence-corrected chi connectivity index (χ4v) is 3.87. The zero-order valence-electron chi connectivity index (χ0n) is 14.6. The molecule has 1 heterocycles. The summed E-state index contributed by atoms with van der Waals surface area (Å²) in [6, 6.07) is 6.77. The number of aromatic nitrogens is 2. The molecule has 3 rings (SSSR count). The summed E-state index contributed by atoms with van der Waals surface area (Å²) in [5.74, 6) is 1.33. The molecule has 1 aliphatic carbocycles. The van der Waals surface area contributed by atoms with E-state index in [1.54, 1.807) is 0 Å². The molecule has 2 aromatic rings. The minimum atomic E-state index is 0.308. The van der Waals surface area contributed by atoms with Crippen molar-refractivity contribution in [1.82, 2.24) is 9.97 Å². The first-order chi connectivity index (χ1) is 10.3. The Balaban J connectivity index is 2.06. The van der Waals surface area contributed by atoms with Gasteiger partial charge in [-0.2, -0.15) is 0 Å². The Hall–Kier alpha value is -1.70. The number of rotatable bonds is 2. The van der Waals surface area contributed by atoms with E-state index < -0.39 is 0 Å². The topological polar surface area (TPSA) is 25.8 Å². The van der Waals surface area contributed by atoms with Crippen LogP contribution in [0.25, 0.3) is 11.4 Å². The molecule has 1 aromatic carbocycles. The van der Waals surface area contributed by atoms with Gasteiger partial charge in [-0.15, -0.1) is 0 Å². The fraction of sp³-hybridized carbons (Fsp3) is 0.500. The van der Waals surface area contributed by atoms with Gasteiger partial charge in [0.25, 0.3) is 0 Å². The molecular formula is C20H26N2. The third-order valence-electron chi connectivity index (χ3n) is 5.02. The van der Waals surface area contributed by atoms with Crippen LogP contribution in [0.4, 0.5) is 0 Å². The summed E-state index contributed by atoms with van der Waals surface area (Å²) in [5, 5.41) is 0. The Morgan fingerprint density at radius 2 is 1.68 bits per heavy atom. The lowest BCUT2D eigenvalue weighted by atomic mass is 9.86. The summed E-state index contributed by atoms with van der Waals surface area (Å²) >= 11 is 0. The van der Waals surface area contributed by atoms with Crippen molar-refractivity contribution in [3.63, 3.8) is 0 Å². The first-order valence-electron chi connectivity index (χ1n) is 8.28. The second kappa shape index (κ2) is 5.19. The van der Waals surface area contributed by atoms with E-state index in [1.807, 2.05) is 0 Å². The number of nitrogens with zero attached hydrogens (tertiary/aromatic N) is 2. The Kier molecular flexibility index (Phi) is 3.58. The Morgan fingerprint density at radius 1 is 1.05 bits per heavy atom. The van der Waals surface area contributed by atoms with Crippen LogP contribution in [0.2, 0.25) is 0 Å². The van der Waals surface area contributed by atoms with Gasteiger partial charge < -0.3 is 0 Å². The lowest BCUT2D eigenvalue weighted by Crippen LogP contribution is -2.11. The molecular weight excluding hydrogens is 268 g/mol. The molecule has 0 spiro atoms. The highest BCUT2D eigenvalue weighted by atomic mass is 14.9. The van der Waals surface area contributed by atoms with Gasteiger partial charge in [0.15, 0.2) is 5.82 Å². The van der Waals surface area contributed by atoms with Gasteiger partial charge in [-0.25, -0.2) is 9.97 Å². The second-order valence-electron chi connectivity index (χ2n) is 7.54. The fourth-order valence-electron chi connectivity index (χ4n) is 3.87. The number of fused-ring (bicyclic) bond motifs is 1. The minimum Gasteiger partial charge on any atom is -0.233 e. The van der Waals surface area contributed by atoms with Gasteiger partial charge in [-0.1, -0.05) is 39.8 Å². The highest BCUT2D eigenvalue weighted by Crippen LogP contribution is 2.39. The van der Waals surface area contributed by atoms with Crippen LogP contribution in [0.3, 0.4) is 0 Å². The van der Waals surface area contributed by atoms with Crippen molar-refractivity contribution in [3.8, 4) is 11.4 Å². The molecule has 116 valence electrons. The van der Waals surface area contributed by atoms with Crippen LogP contribution in [0.5, 0.6) is 0 Å². The van der Waals surface area contributed by atoms with E-state index in [-0.39, 0.29) is 0 Å². The van der Waals surface area contributed by atoms with Crippen LogP contribution < -0.4 is 0 Å². The van der Waals surface area contributed by atoms with Crippen molar-refractivity contribution < 1.29 is 0 Å². The summed E-state index contributed by atoms with van der Waals surface area (Å²) in [4.78, 5) is 9.55. The van der Waals surface area contributed by atoms with Gasteiger partial charge in [0.05, 0.1) is 0 Å². The Labute approximate surface area is 134 Å². The third-order valence-corrected chi connectivity index (χ3v) is 5.02. The minimum absolute atomic E-state index is 0.308. The van der Waals surface area contributed by atoms with Crippen LogP contribution in [-0.2, 0) is 11.8 Å². The molecule has 0 unspecified atom stereocenters. The van der Waals surface area contributed by atoms with Gasteiger partial charge in [-0.05, 0) is 60.8 Å². The molecule has 0 aliphatic heterocycles. The average molecular weight is 294 g/mol. The van der Waals surface area contributed by atoms with E-state index in [2.05, 4.69) is 59.7 Å². The molecule has 0 amide bonds. The number of aryl methyl sites for hydroxylation is 3. The SMILES string of the molecule is Cc1nc(-c2ccc3c(c2)CCC3(C)C)nc(C)c1C(C)C. The standard InChI is InChI=1S/C20H26N2/c1-12(2)18-13(3)21-19(22-14(18)4)16-7-8-17-15(11-16)9-10-20(17,5)6/h7-8,11-12H,9-10H2,1-6H3. The summed E-state index contributed by atoms with van der Waals surface area (Å²) < 4.78 is 0. The quantitative estimate of drug-likeness (QED) is 0.769. The molecule has 0 N–H and O–H groups in total. The van der Waals surface area contributed by atoms with E-state index in [0.29, 0.717) is 11.3 Å². The highest BCUT2D eigenvalue weighted by Gasteiger charge is 2.29. The van der Waals surface area contributed by atoms with Crippen molar-refractivity contribution in [1.29, 1.82) is 0 Å². The molecule has 0 saturated carbocycles. The maximum atomic E-state index is 4.78. The molecule has 22 heavy (non-hydrogen) atoms. The van der Waals surface area contributed by atoms with Crippen molar-refractivity contribution in [2.75, 3.05) is 0 Å². The third kappa shape index (κ3) is 2.45. The molecule has 1 aromatic heterocycles. The molecule has 0 fully saturated rings. The maximum Gasteiger partial charge on any atom is 0.159 e. The van der Waals surface area contributed by atoms with E-state index in [1.165, 1.54) is 23.1 Å². The first-order valence-corrected chi connectivity index (χ1v) is 8.28. The molecule has 0 radical (unpaired) electrons. The van der Waals surface area contributed by atoms with Crippen LogP contribution >= 0.6 is 0 Å². The molecule has 0 saturated heterocycles. The van der Waals surface area contributed by atoms with Crippen LogP contribution in [0.1, 0.15) is 68.1 Å². The van der Waals surface area contributed by atoms with Gasteiger partial charge in [-0.3, -0.25) is 0 Å². The first kappa shape index (κ1) is 15.2. The van der Waals surface area contributed by atoms with Crippen molar-refractivity contribution >= 4 is 0 Å². The monoisotopic (exact) mass is 294 g/mol. The average Bonchev–Trinajstić information content (AvgIpc) is 2.73. The zero-order chi connectivity index (χ0) is 16.1. The number of hydrogen-bond acceptors (Lipinski definition) is 2. The van der Waals surface area contributed by atoms with Crippen molar-refractivity contribution in [2.24, 2.45) is 0 Å². The predicted molar refractivity (Wildman–Crippen MR) is 92.4 cm³/mol. The second-order valence-corrected chi connectivity index (χ2v) is 7.54. The zero-order valence-corrected chi connectivity index (χ0v) is 14.6. The van der Waals surface area contributed by atoms with Crippen LogP contribution in [0, 0.1) is 13.8 Å². The van der Waals surface area contributed by atoms with E-state index in [9.17, 15) is 0 Å². The van der Waals surface area contributed by atoms with Crippen LogP contribution in [-0.4, -0.2) is 9.97 Å². The lowest BCUT2D eigenvalue weighted by molar-refractivity contribution is 0.522. The van der Waals surface area contributed by atoms with Gasteiger partial charge in [0, 0.05) is 17.0 Å².